The maximum absolute atomic E-state index is 14.6. The molecule has 2 aliphatic heterocycles. The van der Waals surface area contributed by atoms with Crippen molar-refractivity contribution in [3.63, 3.8) is 0 Å². The SMILES string of the molecule is CN=C/C=C\N.Cc1cc(C2=CCNCC2)ccc1C(=O)Nc1ccc(C2=CCNCC2)c(F)c1. The first-order chi connectivity index (χ1) is 17.0. The number of rotatable bonds is 5. The van der Waals surface area contributed by atoms with E-state index in [9.17, 15) is 9.18 Å². The molecule has 0 aliphatic carbocycles. The third-order valence-corrected chi connectivity index (χ3v) is 5.89. The van der Waals surface area contributed by atoms with Gasteiger partial charge in [0.15, 0.2) is 0 Å². The molecule has 7 heteroatoms. The van der Waals surface area contributed by atoms with Crippen LogP contribution in [0.15, 0.2) is 65.8 Å². The van der Waals surface area contributed by atoms with Gasteiger partial charge in [0.05, 0.1) is 0 Å². The number of hydrogen-bond acceptors (Lipinski definition) is 5. The first-order valence-electron chi connectivity index (χ1n) is 11.8. The average Bonchev–Trinajstić information content (AvgIpc) is 2.89. The fourth-order valence-corrected chi connectivity index (χ4v) is 4.06. The number of anilines is 1. The Morgan fingerprint density at radius 1 is 1.06 bits per heavy atom. The van der Waals surface area contributed by atoms with E-state index in [1.54, 1.807) is 31.5 Å². The number of aryl methyl sites for hydroxylation is 1. The summed E-state index contributed by atoms with van der Waals surface area (Å²) in [5.41, 5.74) is 11.0. The molecule has 0 radical (unpaired) electrons. The number of benzene rings is 2. The molecule has 0 bridgehead atoms. The van der Waals surface area contributed by atoms with Gasteiger partial charge in [0, 0.05) is 43.2 Å². The molecule has 0 spiro atoms. The molecule has 2 aliphatic rings. The molecular weight excluding hydrogens is 441 g/mol. The Labute approximate surface area is 206 Å². The van der Waals surface area contributed by atoms with Gasteiger partial charge < -0.3 is 21.7 Å². The van der Waals surface area contributed by atoms with Gasteiger partial charge in [-0.1, -0.05) is 24.3 Å². The highest BCUT2D eigenvalue weighted by Gasteiger charge is 2.15. The minimum absolute atomic E-state index is 0.221. The number of aliphatic imine (C=N–C) groups is 1. The maximum Gasteiger partial charge on any atom is 0.255 e. The van der Waals surface area contributed by atoms with Crippen LogP contribution in [0.5, 0.6) is 0 Å². The Bertz CT molecular complexity index is 1140. The van der Waals surface area contributed by atoms with Crippen molar-refractivity contribution in [3.8, 4) is 0 Å². The molecule has 0 saturated heterocycles. The smallest absolute Gasteiger partial charge is 0.255 e. The number of allylic oxidation sites excluding steroid dienone is 1. The van der Waals surface area contributed by atoms with Crippen molar-refractivity contribution < 1.29 is 9.18 Å². The molecular formula is C28H34FN5O. The lowest BCUT2D eigenvalue weighted by atomic mass is 9.96. The molecule has 0 unspecified atom stereocenters. The predicted molar refractivity (Wildman–Crippen MR) is 144 cm³/mol. The average molecular weight is 476 g/mol. The lowest BCUT2D eigenvalue weighted by molar-refractivity contribution is 0.102. The fraction of sp³-hybridized carbons (Fsp3) is 0.286. The number of nitrogens with one attached hydrogen (secondary N) is 3. The Balaban J connectivity index is 0.000000509. The van der Waals surface area contributed by atoms with E-state index >= 15 is 0 Å². The summed E-state index contributed by atoms with van der Waals surface area (Å²) in [5.74, 6) is -0.526. The molecule has 6 nitrogen and oxygen atoms in total. The van der Waals surface area contributed by atoms with Gasteiger partial charge in [-0.15, -0.1) is 0 Å². The second-order valence-electron chi connectivity index (χ2n) is 8.34. The first kappa shape index (κ1) is 26.1. The van der Waals surface area contributed by atoms with Crippen molar-refractivity contribution in [2.75, 3.05) is 38.5 Å². The zero-order chi connectivity index (χ0) is 25.0. The number of hydrogen-bond donors (Lipinski definition) is 4. The minimum Gasteiger partial charge on any atom is -0.405 e. The zero-order valence-electron chi connectivity index (χ0n) is 20.4. The summed E-state index contributed by atoms with van der Waals surface area (Å²) in [4.78, 5) is 16.4. The van der Waals surface area contributed by atoms with Crippen LogP contribution in [0.4, 0.5) is 10.1 Å². The lowest BCUT2D eigenvalue weighted by Gasteiger charge is -2.16. The van der Waals surface area contributed by atoms with E-state index in [1.807, 2.05) is 25.1 Å². The van der Waals surface area contributed by atoms with Gasteiger partial charge in [0.1, 0.15) is 5.82 Å². The largest absolute Gasteiger partial charge is 0.405 e. The number of carbonyl (C=O) groups excluding carboxylic acids is 1. The summed E-state index contributed by atoms with van der Waals surface area (Å²) in [6, 6.07) is 10.8. The first-order valence-corrected chi connectivity index (χ1v) is 11.8. The molecule has 1 amide bonds. The quantitative estimate of drug-likeness (QED) is 0.485. The molecule has 0 aromatic heterocycles. The highest BCUT2D eigenvalue weighted by atomic mass is 19.1. The van der Waals surface area contributed by atoms with Crippen LogP contribution in [-0.4, -0.2) is 45.3 Å². The molecule has 2 aromatic carbocycles. The van der Waals surface area contributed by atoms with Crippen LogP contribution < -0.4 is 21.7 Å². The number of nitrogens with zero attached hydrogens (tertiary/aromatic N) is 1. The number of amides is 1. The Morgan fingerprint density at radius 3 is 2.31 bits per heavy atom. The number of carbonyl (C=O) groups is 1. The van der Waals surface area contributed by atoms with E-state index in [-0.39, 0.29) is 11.7 Å². The number of halogens is 1. The fourth-order valence-electron chi connectivity index (χ4n) is 4.06. The lowest BCUT2D eigenvalue weighted by Crippen LogP contribution is -2.20. The van der Waals surface area contributed by atoms with E-state index in [2.05, 4.69) is 33.1 Å². The summed E-state index contributed by atoms with van der Waals surface area (Å²) < 4.78 is 14.6. The van der Waals surface area contributed by atoms with Gasteiger partial charge in [-0.3, -0.25) is 9.79 Å². The molecule has 0 saturated carbocycles. The Hall–Kier alpha value is -3.55. The molecule has 184 valence electrons. The van der Waals surface area contributed by atoms with Crippen molar-refractivity contribution in [3.05, 3.63) is 88.9 Å². The third kappa shape index (κ3) is 7.47. The van der Waals surface area contributed by atoms with Crippen LogP contribution in [0.1, 0.15) is 39.9 Å². The normalized spacial score (nSPS) is 15.9. The third-order valence-electron chi connectivity index (χ3n) is 5.89. The summed E-state index contributed by atoms with van der Waals surface area (Å²) in [6.07, 6.45) is 10.7. The van der Waals surface area contributed by atoms with E-state index in [0.717, 1.165) is 55.7 Å². The predicted octanol–water partition coefficient (Wildman–Crippen LogP) is 4.30. The van der Waals surface area contributed by atoms with Crippen molar-refractivity contribution in [2.24, 2.45) is 10.7 Å². The Morgan fingerprint density at radius 2 is 1.77 bits per heavy atom. The van der Waals surface area contributed by atoms with Gasteiger partial charge in [-0.25, -0.2) is 4.39 Å². The Kier molecular flexibility index (Phi) is 9.95. The van der Waals surface area contributed by atoms with Crippen LogP contribution in [0.25, 0.3) is 11.1 Å². The second kappa shape index (κ2) is 13.4. The summed E-state index contributed by atoms with van der Waals surface area (Å²) in [5, 5.41) is 9.37. The van der Waals surface area contributed by atoms with Crippen LogP contribution in [0.3, 0.4) is 0 Å². The van der Waals surface area contributed by atoms with Crippen LogP contribution in [-0.2, 0) is 0 Å². The van der Waals surface area contributed by atoms with Gasteiger partial charge in [-0.2, -0.15) is 0 Å². The summed E-state index contributed by atoms with van der Waals surface area (Å²) in [6.45, 7) is 5.41. The topological polar surface area (TPSA) is 91.5 Å². The molecule has 5 N–H and O–H groups in total. The van der Waals surface area contributed by atoms with E-state index in [1.165, 1.54) is 17.8 Å². The van der Waals surface area contributed by atoms with Crippen molar-refractivity contribution in [1.29, 1.82) is 0 Å². The second-order valence-corrected chi connectivity index (χ2v) is 8.34. The minimum atomic E-state index is -0.305. The molecule has 0 fully saturated rings. The van der Waals surface area contributed by atoms with Crippen LogP contribution >= 0.6 is 0 Å². The van der Waals surface area contributed by atoms with Crippen molar-refractivity contribution in [2.45, 2.75) is 19.8 Å². The van der Waals surface area contributed by atoms with Crippen molar-refractivity contribution in [1.82, 2.24) is 10.6 Å². The van der Waals surface area contributed by atoms with Crippen LogP contribution in [0, 0.1) is 12.7 Å². The highest BCUT2D eigenvalue weighted by Crippen LogP contribution is 2.26. The molecule has 2 aromatic rings. The van der Waals surface area contributed by atoms with Crippen molar-refractivity contribution >= 4 is 29.0 Å². The molecule has 35 heavy (non-hydrogen) atoms. The van der Waals surface area contributed by atoms with Gasteiger partial charge >= 0.3 is 0 Å². The van der Waals surface area contributed by atoms with E-state index < -0.39 is 0 Å². The standard InChI is InChI=1S/C24H26FN3O.C4H8N2/c1-16-14-19(17-6-10-26-11-7-17)2-4-21(16)24(29)28-20-3-5-22(23(25)15-20)18-8-12-27-13-9-18;1-6-4-2-3-5/h2-6,8,14-15,26-27H,7,9-13H2,1H3,(H,28,29);2-4H,5H2,1H3/b;3-2-,6-4?. The van der Waals surface area contributed by atoms with E-state index in [0.29, 0.717) is 16.8 Å². The summed E-state index contributed by atoms with van der Waals surface area (Å²) >= 11 is 0. The molecule has 4 rings (SSSR count). The number of nitrogens with two attached hydrogens (primary N) is 1. The summed E-state index contributed by atoms with van der Waals surface area (Å²) in [7, 11) is 1.69. The zero-order valence-corrected chi connectivity index (χ0v) is 20.4. The highest BCUT2D eigenvalue weighted by molar-refractivity contribution is 6.05. The van der Waals surface area contributed by atoms with E-state index in [4.69, 9.17) is 5.73 Å². The van der Waals surface area contributed by atoms with Gasteiger partial charge in [0.2, 0.25) is 0 Å². The molecule has 0 atom stereocenters. The maximum atomic E-state index is 14.6. The molecule has 2 heterocycles. The van der Waals surface area contributed by atoms with Crippen LogP contribution in [0.2, 0.25) is 0 Å². The van der Waals surface area contributed by atoms with Gasteiger partial charge in [0.25, 0.3) is 5.91 Å². The van der Waals surface area contributed by atoms with Gasteiger partial charge in [-0.05, 0) is 91.7 Å². The monoisotopic (exact) mass is 475 g/mol.